The number of carboxylic acid groups (broad SMARTS) is 1. The molecule has 2 aromatic rings. The molecule has 0 fully saturated rings. The highest BCUT2D eigenvalue weighted by Crippen LogP contribution is 2.21. The summed E-state index contributed by atoms with van der Waals surface area (Å²) in [5.41, 5.74) is 1.52. The molecule has 1 aromatic carbocycles. The average Bonchev–Trinajstić information content (AvgIpc) is 2.29. The molecule has 2 rings (SSSR count). The molecule has 1 aromatic heterocycles. The van der Waals surface area contributed by atoms with E-state index in [0.717, 1.165) is 5.56 Å². The summed E-state index contributed by atoms with van der Waals surface area (Å²) < 4.78 is 0. The van der Waals surface area contributed by atoms with Crippen molar-refractivity contribution in [1.82, 2.24) is 4.98 Å². The minimum Gasteiger partial charge on any atom is -0.508 e. The molecule has 80 valence electrons. The lowest BCUT2D eigenvalue weighted by Gasteiger charge is -2.01. The minimum absolute atomic E-state index is 0.143. The molecule has 4 heteroatoms. The largest absolute Gasteiger partial charge is 0.508 e. The first-order valence-corrected chi connectivity index (χ1v) is 4.65. The van der Waals surface area contributed by atoms with Crippen LogP contribution in [0.4, 0.5) is 0 Å². The number of hydrogen-bond donors (Lipinski definition) is 2. The second-order valence-electron chi connectivity index (χ2n) is 3.29. The van der Waals surface area contributed by atoms with E-state index in [2.05, 4.69) is 4.98 Å². The van der Waals surface area contributed by atoms with Crippen LogP contribution in [0, 0.1) is 0 Å². The lowest BCUT2D eigenvalue weighted by Crippen LogP contribution is -1.96. The molecule has 4 nitrogen and oxygen atoms in total. The average molecular weight is 215 g/mol. The Morgan fingerprint density at radius 2 is 2.00 bits per heavy atom. The van der Waals surface area contributed by atoms with Crippen LogP contribution in [0.2, 0.25) is 0 Å². The first-order valence-electron chi connectivity index (χ1n) is 4.65. The number of phenolic OH excluding ortho intramolecular Hbond substituents is 1. The molecule has 0 spiro atoms. The molecular formula is C12H9NO3. The fourth-order valence-electron chi connectivity index (χ4n) is 1.36. The van der Waals surface area contributed by atoms with Crippen molar-refractivity contribution in [2.45, 2.75) is 0 Å². The van der Waals surface area contributed by atoms with Gasteiger partial charge in [-0.15, -0.1) is 0 Å². The molecule has 0 aliphatic carbocycles. The molecule has 0 saturated carbocycles. The molecule has 0 bridgehead atoms. The predicted octanol–water partition coefficient (Wildman–Crippen LogP) is 2.15. The van der Waals surface area contributed by atoms with Crippen LogP contribution in [-0.4, -0.2) is 21.2 Å². The molecule has 0 radical (unpaired) electrons. The topological polar surface area (TPSA) is 70.4 Å². The van der Waals surface area contributed by atoms with Gasteiger partial charge in [0.05, 0.1) is 11.3 Å². The number of aromatic hydroxyl groups is 1. The van der Waals surface area contributed by atoms with Gasteiger partial charge in [0.15, 0.2) is 0 Å². The van der Waals surface area contributed by atoms with E-state index in [-0.39, 0.29) is 11.3 Å². The Morgan fingerprint density at radius 3 is 2.56 bits per heavy atom. The first kappa shape index (κ1) is 10.2. The second kappa shape index (κ2) is 4.02. The summed E-state index contributed by atoms with van der Waals surface area (Å²) in [5.74, 6) is -0.850. The van der Waals surface area contributed by atoms with Crippen molar-refractivity contribution in [1.29, 1.82) is 0 Å². The lowest BCUT2D eigenvalue weighted by atomic mass is 10.1. The number of benzene rings is 1. The van der Waals surface area contributed by atoms with Crippen molar-refractivity contribution in [3.05, 3.63) is 48.2 Å². The highest BCUT2D eigenvalue weighted by atomic mass is 16.4. The maximum absolute atomic E-state index is 10.6. The van der Waals surface area contributed by atoms with Gasteiger partial charge < -0.3 is 10.2 Å². The van der Waals surface area contributed by atoms with Gasteiger partial charge in [-0.3, -0.25) is 4.98 Å². The number of carbonyl (C=O) groups is 1. The summed E-state index contributed by atoms with van der Waals surface area (Å²) in [6.45, 7) is 0. The summed E-state index contributed by atoms with van der Waals surface area (Å²) in [7, 11) is 0. The molecule has 1 heterocycles. The predicted molar refractivity (Wildman–Crippen MR) is 58.3 cm³/mol. The Labute approximate surface area is 91.8 Å². The monoisotopic (exact) mass is 215 g/mol. The third-order valence-electron chi connectivity index (χ3n) is 2.15. The van der Waals surface area contributed by atoms with Crippen LogP contribution in [0.1, 0.15) is 10.4 Å². The van der Waals surface area contributed by atoms with E-state index < -0.39 is 5.97 Å². The molecule has 0 atom stereocenters. The van der Waals surface area contributed by atoms with Crippen molar-refractivity contribution in [2.75, 3.05) is 0 Å². The van der Waals surface area contributed by atoms with Gasteiger partial charge in [-0.2, -0.15) is 0 Å². The second-order valence-corrected chi connectivity index (χ2v) is 3.29. The standard InChI is InChI=1S/C12H9NO3/c14-10-3-1-2-8(6-10)11-5-4-9(7-13-11)12(15)16/h1-7,14H,(H,15,16). The van der Waals surface area contributed by atoms with Gasteiger partial charge in [0, 0.05) is 11.8 Å². The fourth-order valence-corrected chi connectivity index (χ4v) is 1.36. The molecule has 0 unspecified atom stereocenters. The van der Waals surface area contributed by atoms with Gasteiger partial charge in [0.2, 0.25) is 0 Å². The number of carboxylic acids is 1. The maximum Gasteiger partial charge on any atom is 0.337 e. The van der Waals surface area contributed by atoms with Crippen molar-refractivity contribution in [3.8, 4) is 17.0 Å². The van der Waals surface area contributed by atoms with Crippen molar-refractivity contribution >= 4 is 5.97 Å². The van der Waals surface area contributed by atoms with Gasteiger partial charge in [-0.1, -0.05) is 12.1 Å². The smallest absolute Gasteiger partial charge is 0.337 e. The van der Waals surface area contributed by atoms with Gasteiger partial charge in [0.1, 0.15) is 5.75 Å². The third-order valence-corrected chi connectivity index (χ3v) is 2.15. The van der Waals surface area contributed by atoms with Crippen LogP contribution in [-0.2, 0) is 0 Å². The highest BCUT2D eigenvalue weighted by molar-refractivity contribution is 5.87. The van der Waals surface area contributed by atoms with E-state index in [1.807, 2.05) is 0 Å². The van der Waals surface area contributed by atoms with E-state index in [4.69, 9.17) is 5.11 Å². The zero-order valence-electron chi connectivity index (χ0n) is 8.29. The number of aromatic carboxylic acids is 1. The minimum atomic E-state index is -1.00. The maximum atomic E-state index is 10.6. The number of phenols is 1. The molecular weight excluding hydrogens is 206 g/mol. The first-order chi connectivity index (χ1) is 7.66. The van der Waals surface area contributed by atoms with Crippen molar-refractivity contribution in [2.24, 2.45) is 0 Å². The van der Waals surface area contributed by atoms with Crippen LogP contribution in [0.15, 0.2) is 42.6 Å². The molecule has 16 heavy (non-hydrogen) atoms. The number of nitrogens with zero attached hydrogens (tertiary/aromatic N) is 1. The molecule has 2 N–H and O–H groups in total. The van der Waals surface area contributed by atoms with E-state index in [0.29, 0.717) is 5.69 Å². The Balaban J connectivity index is 2.38. The summed E-state index contributed by atoms with van der Waals surface area (Å²) in [6, 6.07) is 9.73. The summed E-state index contributed by atoms with van der Waals surface area (Å²) >= 11 is 0. The van der Waals surface area contributed by atoms with Crippen LogP contribution in [0.5, 0.6) is 5.75 Å². The zero-order valence-corrected chi connectivity index (χ0v) is 8.29. The van der Waals surface area contributed by atoms with Crippen molar-refractivity contribution < 1.29 is 15.0 Å². The van der Waals surface area contributed by atoms with Gasteiger partial charge in [-0.05, 0) is 24.3 Å². The van der Waals surface area contributed by atoms with Gasteiger partial charge in [0.25, 0.3) is 0 Å². The summed E-state index contributed by atoms with van der Waals surface area (Å²) in [6.07, 6.45) is 1.29. The van der Waals surface area contributed by atoms with Crippen LogP contribution in [0.25, 0.3) is 11.3 Å². The molecule has 0 saturated heterocycles. The number of hydrogen-bond acceptors (Lipinski definition) is 3. The normalized spacial score (nSPS) is 10.0. The summed E-state index contributed by atoms with van der Waals surface area (Å²) in [5, 5.41) is 18.0. The van der Waals surface area contributed by atoms with E-state index >= 15 is 0 Å². The van der Waals surface area contributed by atoms with Crippen LogP contribution in [0.3, 0.4) is 0 Å². The number of pyridine rings is 1. The highest BCUT2D eigenvalue weighted by Gasteiger charge is 2.04. The van der Waals surface area contributed by atoms with E-state index in [1.54, 1.807) is 30.3 Å². The molecule has 0 amide bonds. The SMILES string of the molecule is O=C(O)c1ccc(-c2cccc(O)c2)nc1. The molecule has 0 aliphatic heterocycles. The summed E-state index contributed by atoms with van der Waals surface area (Å²) in [4.78, 5) is 14.6. The molecule has 0 aliphatic rings. The Hall–Kier alpha value is -2.36. The quantitative estimate of drug-likeness (QED) is 0.805. The number of aromatic nitrogens is 1. The Bertz CT molecular complexity index is 520. The van der Waals surface area contributed by atoms with Crippen LogP contribution < -0.4 is 0 Å². The van der Waals surface area contributed by atoms with Crippen molar-refractivity contribution in [3.63, 3.8) is 0 Å². The fraction of sp³-hybridized carbons (Fsp3) is 0. The Kier molecular flexibility index (Phi) is 2.55. The zero-order chi connectivity index (χ0) is 11.5. The van der Waals surface area contributed by atoms with Gasteiger partial charge >= 0.3 is 5.97 Å². The lowest BCUT2D eigenvalue weighted by molar-refractivity contribution is 0.0696. The number of rotatable bonds is 2. The Morgan fingerprint density at radius 1 is 1.19 bits per heavy atom. The van der Waals surface area contributed by atoms with Gasteiger partial charge in [-0.25, -0.2) is 4.79 Å². The van der Waals surface area contributed by atoms with E-state index in [1.165, 1.54) is 12.3 Å². The van der Waals surface area contributed by atoms with Crippen LogP contribution >= 0.6 is 0 Å². The van der Waals surface area contributed by atoms with E-state index in [9.17, 15) is 9.90 Å². The third kappa shape index (κ3) is 2.00.